The number of nitrogens with one attached hydrogen (secondary N) is 1. The molecule has 0 bridgehead atoms. The highest BCUT2D eigenvalue weighted by Gasteiger charge is 2.28. The topological polar surface area (TPSA) is 86.7 Å². The molecule has 1 heterocycles. The van der Waals surface area contributed by atoms with Crippen LogP contribution in [0.1, 0.15) is 26.3 Å². The van der Waals surface area contributed by atoms with E-state index in [1.165, 1.54) is 29.2 Å². The van der Waals surface area contributed by atoms with Gasteiger partial charge in [0.25, 0.3) is 5.91 Å². The fourth-order valence-corrected chi connectivity index (χ4v) is 2.51. The summed E-state index contributed by atoms with van der Waals surface area (Å²) in [4.78, 5) is 36.5. The number of benzene rings is 2. The number of fused-ring (bicyclic) bond motifs is 1. The van der Waals surface area contributed by atoms with Crippen LogP contribution in [-0.2, 0) is 11.3 Å². The third-order valence-electron chi connectivity index (χ3n) is 3.65. The first-order chi connectivity index (χ1) is 11.0. The minimum atomic E-state index is -1.02. The van der Waals surface area contributed by atoms with Crippen molar-refractivity contribution in [2.75, 3.05) is 11.9 Å². The number of aromatic carboxylic acids is 1. The van der Waals surface area contributed by atoms with Gasteiger partial charge in [-0.15, -0.1) is 0 Å². The molecule has 0 unspecified atom stereocenters. The van der Waals surface area contributed by atoms with E-state index >= 15 is 0 Å². The molecule has 116 valence electrons. The molecule has 1 aliphatic heterocycles. The average molecular weight is 310 g/mol. The standard InChI is InChI=1S/C17H14N2O4/c20-15(18-13-7-5-11(6-8-13)17(22)23)10-19-9-12-3-1-2-4-14(12)16(19)21/h1-8H,9-10H2,(H,18,20)(H,22,23). The first kappa shape index (κ1) is 14.8. The van der Waals surface area contributed by atoms with E-state index in [1.54, 1.807) is 12.1 Å². The van der Waals surface area contributed by atoms with Crippen LogP contribution < -0.4 is 5.32 Å². The van der Waals surface area contributed by atoms with Crippen molar-refractivity contribution in [1.82, 2.24) is 4.90 Å². The van der Waals surface area contributed by atoms with Crippen molar-refractivity contribution in [3.63, 3.8) is 0 Å². The molecule has 0 atom stereocenters. The summed E-state index contributed by atoms with van der Waals surface area (Å²) in [6.45, 7) is 0.370. The molecule has 0 radical (unpaired) electrons. The highest BCUT2D eigenvalue weighted by Crippen LogP contribution is 2.22. The predicted octanol–water partition coefficient (Wildman–Crippen LogP) is 1.98. The maximum Gasteiger partial charge on any atom is 0.335 e. The molecular formula is C17H14N2O4. The number of anilines is 1. The van der Waals surface area contributed by atoms with Crippen molar-refractivity contribution in [2.45, 2.75) is 6.54 Å². The SMILES string of the molecule is O=C(CN1Cc2ccccc2C1=O)Nc1ccc(C(=O)O)cc1. The van der Waals surface area contributed by atoms with Gasteiger partial charge in [-0.3, -0.25) is 9.59 Å². The Morgan fingerprint density at radius 1 is 1.09 bits per heavy atom. The number of carboxylic acids is 1. The molecule has 2 aromatic carbocycles. The van der Waals surface area contributed by atoms with Crippen LogP contribution in [0, 0.1) is 0 Å². The van der Waals surface area contributed by atoms with E-state index in [1.807, 2.05) is 12.1 Å². The van der Waals surface area contributed by atoms with Crippen LogP contribution in [0.2, 0.25) is 0 Å². The van der Waals surface area contributed by atoms with Gasteiger partial charge in [0.15, 0.2) is 0 Å². The Morgan fingerprint density at radius 2 is 1.78 bits per heavy atom. The van der Waals surface area contributed by atoms with Crippen molar-refractivity contribution in [2.24, 2.45) is 0 Å². The first-order valence-corrected chi connectivity index (χ1v) is 7.05. The molecule has 1 aliphatic rings. The molecule has 0 spiro atoms. The van der Waals surface area contributed by atoms with Crippen LogP contribution in [0.15, 0.2) is 48.5 Å². The van der Waals surface area contributed by atoms with Gasteiger partial charge in [-0.05, 0) is 35.9 Å². The van der Waals surface area contributed by atoms with Crippen LogP contribution in [0.4, 0.5) is 5.69 Å². The van der Waals surface area contributed by atoms with Crippen molar-refractivity contribution >= 4 is 23.5 Å². The Kier molecular flexibility index (Phi) is 3.80. The summed E-state index contributed by atoms with van der Waals surface area (Å²) in [5.74, 6) is -1.51. The highest BCUT2D eigenvalue weighted by atomic mass is 16.4. The minimum Gasteiger partial charge on any atom is -0.478 e. The molecule has 0 saturated heterocycles. The molecule has 0 aromatic heterocycles. The summed E-state index contributed by atoms with van der Waals surface area (Å²) in [6, 6.07) is 13.1. The van der Waals surface area contributed by atoms with Crippen LogP contribution >= 0.6 is 0 Å². The summed E-state index contributed by atoms with van der Waals surface area (Å²) in [5.41, 5.74) is 2.18. The number of rotatable bonds is 4. The third kappa shape index (κ3) is 3.06. The van der Waals surface area contributed by atoms with Gasteiger partial charge < -0.3 is 15.3 Å². The summed E-state index contributed by atoms with van der Waals surface area (Å²) in [7, 11) is 0. The highest BCUT2D eigenvalue weighted by molar-refractivity contribution is 6.02. The summed E-state index contributed by atoms with van der Waals surface area (Å²) < 4.78 is 0. The first-order valence-electron chi connectivity index (χ1n) is 7.05. The lowest BCUT2D eigenvalue weighted by atomic mass is 10.1. The van der Waals surface area contributed by atoms with E-state index in [4.69, 9.17) is 5.11 Å². The Hall–Kier alpha value is -3.15. The third-order valence-corrected chi connectivity index (χ3v) is 3.65. The Balaban J connectivity index is 1.62. The van der Waals surface area contributed by atoms with Crippen molar-refractivity contribution < 1.29 is 19.5 Å². The quantitative estimate of drug-likeness (QED) is 0.904. The number of carbonyl (C=O) groups excluding carboxylic acids is 2. The lowest BCUT2D eigenvalue weighted by molar-refractivity contribution is -0.116. The number of hydrogen-bond donors (Lipinski definition) is 2. The smallest absolute Gasteiger partial charge is 0.335 e. The van der Waals surface area contributed by atoms with E-state index in [0.29, 0.717) is 17.8 Å². The van der Waals surface area contributed by atoms with Crippen LogP contribution in [0.5, 0.6) is 0 Å². The molecule has 2 aromatic rings. The minimum absolute atomic E-state index is 0.0474. The molecule has 2 amide bonds. The molecule has 23 heavy (non-hydrogen) atoms. The van der Waals surface area contributed by atoms with Crippen LogP contribution in [0.25, 0.3) is 0 Å². The largest absolute Gasteiger partial charge is 0.478 e. The zero-order valence-corrected chi connectivity index (χ0v) is 12.2. The van der Waals surface area contributed by atoms with Crippen molar-refractivity contribution in [3.05, 3.63) is 65.2 Å². The van der Waals surface area contributed by atoms with E-state index in [0.717, 1.165) is 5.56 Å². The van der Waals surface area contributed by atoms with E-state index < -0.39 is 5.97 Å². The van der Waals surface area contributed by atoms with Gasteiger partial charge in [0.05, 0.1) is 5.56 Å². The van der Waals surface area contributed by atoms with Gasteiger partial charge in [-0.2, -0.15) is 0 Å². The predicted molar refractivity (Wildman–Crippen MR) is 83.2 cm³/mol. The second-order valence-electron chi connectivity index (χ2n) is 5.25. The van der Waals surface area contributed by atoms with Crippen molar-refractivity contribution in [3.8, 4) is 0 Å². The zero-order valence-electron chi connectivity index (χ0n) is 12.2. The molecule has 6 heteroatoms. The normalized spacial score (nSPS) is 12.9. The fourth-order valence-electron chi connectivity index (χ4n) is 2.51. The Morgan fingerprint density at radius 3 is 2.43 bits per heavy atom. The molecular weight excluding hydrogens is 296 g/mol. The van der Waals surface area contributed by atoms with Gasteiger partial charge in [0.2, 0.25) is 5.91 Å². The van der Waals surface area contributed by atoms with Crippen LogP contribution in [-0.4, -0.2) is 34.3 Å². The Labute approximate surface area is 132 Å². The molecule has 6 nitrogen and oxygen atoms in total. The maximum absolute atomic E-state index is 12.2. The van der Waals surface area contributed by atoms with E-state index in [2.05, 4.69) is 5.32 Å². The van der Waals surface area contributed by atoms with Gasteiger partial charge in [-0.25, -0.2) is 4.79 Å². The number of hydrogen-bond acceptors (Lipinski definition) is 3. The lowest BCUT2D eigenvalue weighted by Crippen LogP contribution is -2.33. The monoisotopic (exact) mass is 310 g/mol. The average Bonchev–Trinajstić information content (AvgIpc) is 2.84. The summed E-state index contributed by atoms with van der Waals surface area (Å²) in [5, 5.41) is 11.5. The summed E-state index contributed by atoms with van der Waals surface area (Å²) in [6.07, 6.45) is 0. The molecule has 0 saturated carbocycles. The molecule has 0 fully saturated rings. The number of nitrogens with zero attached hydrogens (tertiary/aromatic N) is 1. The second-order valence-corrected chi connectivity index (χ2v) is 5.25. The maximum atomic E-state index is 12.2. The zero-order chi connectivity index (χ0) is 16.4. The Bertz CT molecular complexity index is 783. The fraction of sp³-hybridized carbons (Fsp3) is 0.118. The number of carbonyl (C=O) groups is 3. The van der Waals surface area contributed by atoms with Gasteiger partial charge in [-0.1, -0.05) is 18.2 Å². The second kappa shape index (κ2) is 5.92. The van der Waals surface area contributed by atoms with E-state index in [9.17, 15) is 14.4 Å². The lowest BCUT2D eigenvalue weighted by Gasteiger charge is -2.15. The number of carboxylic acid groups (broad SMARTS) is 1. The summed E-state index contributed by atoms with van der Waals surface area (Å²) >= 11 is 0. The van der Waals surface area contributed by atoms with Gasteiger partial charge >= 0.3 is 5.97 Å². The van der Waals surface area contributed by atoms with Gasteiger partial charge in [0, 0.05) is 17.8 Å². The number of amides is 2. The molecule has 3 rings (SSSR count). The van der Waals surface area contributed by atoms with Crippen molar-refractivity contribution in [1.29, 1.82) is 0 Å². The molecule has 0 aliphatic carbocycles. The molecule has 2 N–H and O–H groups in total. The van der Waals surface area contributed by atoms with E-state index in [-0.39, 0.29) is 23.9 Å². The van der Waals surface area contributed by atoms with Gasteiger partial charge in [0.1, 0.15) is 6.54 Å². The van der Waals surface area contributed by atoms with Crippen LogP contribution in [0.3, 0.4) is 0 Å².